The lowest BCUT2D eigenvalue weighted by atomic mass is 10.2. The van der Waals surface area contributed by atoms with Crippen molar-refractivity contribution < 1.29 is 9.94 Å². The van der Waals surface area contributed by atoms with Crippen LogP contribution in [-0.2, 0) is 0 Å². The second kappa shape index (κ2) is 7.27. The molecule has 0 saturated carbocycles. The SMILES string of the molecule is CNO.COc1ccc(C=N)cc1. The molecule has 1 rings (SSSR count). The molecule has 72 valence electrons. The Kier molecular flexibility index (Phi) is 6.49. The minimum absolute atomic E-state index is 0.825. The molecule has 0 aliphatic heterocycles. The van der Waals surface area contributed by atoms with Crippen molar-refractivity contribution in [3.63, 3.8) is 0 Å². The summed E-state index contributed by atoms with van der Waals surface area (Å²) in [7, 11) is 3.05. The highest BCUT2D eigenvalue weighted by Crippen LogP contribution is 2.09. The predicted molar refractivity (Wildman–Crippen MR) is 51.7 cm³/mol. The first kappa shape index (κ1) is 11.6. The topological polar surface area (TPSA) is 65.3 Å². The largest absolute Gasteiger partial charge is 0.497 e. The van der Waals surface area contributed by atoms with Crippen LogP contribution in [0.2, 0.25) is 0 Å². The molecule has 0 aliphatic carbocycles. The lowest BCUT2D eigenvalue weighted by molar-refractivity contribution is 0.194. The van der Waals surface area contributed by atoms with Gasteiger partial charge in [0.2, 0.25) is 0 Å². The van der Waals surface area contributed by atoms with E-state index in [-0.39, 0.29) is 0 Å². The van der Waals surface area contributed by atoms with Crippen LogP contribution in [0.3, 0.4) is 0 Å². The Morgan fingerprint density at radius 3 is 2.15 bits per heavy atom. The van der Waals surface area contributed by atoms with E-state index in [0.717, 1.165) is 11.3 Å². The molecule has 0 bridgehead atoms. The fourth-order valence-electron chi connectivity index (χ4n) is 0.700. The second-order valence-corrected chi connectivity index (χ2v) is 2.14. The molecule has 0 radical (unpaired) electrons. The summed E-state index contributed by atoms with van der Waals surface area (Å²) in [5.74, 6) is 0.825. The molecule has 1 aromatic carbocycles. The molecule has 3 N–H and O–H groups in total. The average Bonchev–Trinajstić information content (AvgIpc) is 2.19. The molecule has 0 unspecified atom stereocenters. The number of hydroxylamine groups is 1. The molecule has 0 heterocycles. The minimum Gasteiger partial charge on any atom is -0.497 e. The van der Waals surface area contributed by atoms with Crippen molar-refractivity contribution in [2.24, 2.45) is 0 Å². The van der Waals surface area contributed by atoms with Crippen LogP contribution in [-0.4, -0.2) is 25.6 Å². The summed E-state index contributed by atoms with van der Waals surface area (Å²) >= 11 is 0. The molecule has 4 heteroatoms. The van der Waals surface area contributed by atoms with E-state index in [1.807, 2.05) is 24.3 Å². The van der Waals surface area contributed by atoms with Gasteiger partial charge in [0.25, 0.3) is 0 Å². The maximum Gasteiger partial charge on any atom is 0.118 e. The molecule has 4 nitrogen and oxygen atoms in total. The van der Waals surface area contributed by atoms with Crippen LogP contribution in [0, 0.1) is 5.41 Å². The average molecular weight is 182 g/mol. The van der Waals surface area contributed by atoms with E-state index in [0.29, 0.717) is 0 Å². The Hall–Kier alpha value is -1.39. The van der Waals surface area contributed by atoms with Gasteiger partial charge in [-0.15, -0.1) is 0 Å². The normalized spacial score (nSPS) is 8.23. The van der Waals surface area contributed by atoms with Crippen molar-refractivity contribution in [1.29, 1.82) is 5.41 Å². The van der Waals surface area contributed by atoms with Gasteiger partial charge in [-0.05, 0) is 29.8 Å². The van der Waals surface area contributed by atoms with Crippen LogP contribution in [0.25, 0.3) is 0 Å². The van der Waals surface area contributed by atoms with E-state index in [9.17, 15) is 0 Å². The Bertz CT molecular complexity index is 234. The smallest absolute Gasteiger partial charge is 0.118 e. The van der Waals surface area contributed by atoms with Gasteiger partial charge >= 0.3 is 0 Å². The number of hydrogen-bond acceptors (Lipinski definition) is 4. The highest BCUT2D eigenvalue weighted by Gasteiger charge is 1.88. The molecule has 0 amide bonds. The van der Waals surface area contributed by atoms with Crippen molar-refractivity contribution in [2.75, 3.05) is 14.2 Å². The number of methoxy groups -OCH3 is 1. The fraction of sp³-hybridized carbons (Fsp3) is 0.222. The van der Waals surface area contributed by atoms with Crippen LogP contribution in [0.4, 0.5) is 0 Å². The Balaban J connectivity index is 0.000000424. The van der Waals surface area contributed by atoms with Gasteiger partial charge < -0.3 is 15.4 Å². The van der Waals surface area contributed by atoms with Crippen LogP contribution >= 0.6 is 0 Å². The maximum absolute atomic E-state index is 7.32. The van der Waals surface area contributed by atoms with Crippen molar-refractivity contribution in [2.45, 2.75) is 0 Å². The lowest BCUT2D eigenvalue weighted by Gasteiger charge is -1.97. The van der Waals surface area contributed by atoms with Crippen LogP contribution in [0.1, 0.15) is 5.56 Å². The maximum atomic E-state index is 7.32. The number of benzene rings is 1. The fourth-order valence-corrected chi connectivity index (χ4v) is 0.700. The van der Waals surface area contributed by atoms with Crippen molar-refractivity contribution >= 4 is 6.21 Å². The highest BCUT2D eigenvalue weighted by molar-refractivity contribution is 5.76. The molecule has 1 aromatic rings. The van der Waals surface area contributed by atoms with Crippen LogP contribution in [0.15, 0.2) is 24.3 Å². The summed E-state index contributed by atoms with van der Waals surface area (Å²) in [6, 6.07) is 7.35. The standard InChI is InChI=1S/C8H9NO.CH5NO/c1-10-8-4-2-7(6-9)3-5-8;1-2-3/h2-6,9H,1H3;2-3H,1H3. The third kappa shape index (κ3) is 4.95. The van der Waals surface area contributed by atoms with Gasteiger partial charge in [0.05, 0.1) is 7.11 Å². The lowest BCUT2D eigenvalue weighted by Crippen LogP contribution is -1.91. The third-order valence-corrected chi connectivity index (χ3v) is 1.28. The predicted octanol–water partition coefficient (Wildman–Crippen LogP) is 1.29. The Morgan fingerprint density at radius 1 is 1.38 bits per heavy atom. The monoisotopic (exact) mass is 182 g/mol. The van der Waals surface area contributed by atoms with Crippen molar-refractivity contribution in [3.05, 3.63) is 29.8 Å². The third-order valence-electron chi connectivity index (χ3n) is 1.28. The first-order valence-electron chi connectivity index (χ1n) is 3.73. The number of ether oxygens (including phenoxy) is 1. The number of hydrogen-bond donors (Lipinski definition) is 3. The zero-order valence-electron chi connectivity index (χ0n) is 7.74. The first-order chi connectivity index (χ1) is 6.28. The van der Waals surface area contributed by atoms with E-state index in [4.69, 9.17) is 15.4 Å². The van der Waals surface area contributed by atoms with Crippen molar-refractivity contribution in [3.8, 4) is 5.75 Å². The quantitative estimate of drug-likeness (QED) is 0.477. The van der Waals surface area contributed by atoms with Gasteiger partial charge in [0, 0.05) is 13.3 Å². The van der Waals surface area contributed by atoms with Gasteiger partial charge in [0.1, 0.15) is 5.75 Å². The molecule has 0 spiro atoms. The summed E-state index contributed by atoms with van der Waals surface area (Å²) in [5.41, 5.74) is 2.64. The van der Waals surface area contributed by atoms with Gasteiger partial charge in [-0.3, -0.25) is 0 Å². The summed E-state index contributed by atoms with van der Waals surface area (Å²) < 4.78 is 4.94. The molecular weight excluding hydrogens is 168 g/mol. The zero-order valence-corrected chi connectivity index (χ0v) is 7.74. The molecular formula is C9H14N2O2. The minimum atomic E-state index is 0.825. The molecule has 0 aliphatic rings. The van der Waals surface area contributed by atoms with E-state index < -0.39 is 0 Å². The van der Waals surface area contributed by atoms with Crippen LogP contribution < -0.4 is 10.2 Å². The highest BCUT2D eigenvalue weighted by atomic mass is 16.5. The molecule has 0 aromatic heterocycles. The second-order valence-electron chi connectivity index (χ2n) is 2.14. The first-order valence-corrected chi connectivity index (χ1v) is 3.73. The molecule has 0 atom stereocenters. The zero-order chi connectivity index (χ0) is 10.1. The molecule has 13 heavy (non-hydrogen) atoms. The Morgan fingerprint density at radius 2 is 1.85 bits per heavy atom. The summed E-state index contributed by atoms with van der Waals surface area (Å²) in [5, 5.41) is 14.2. The van der Waals surface area contributed by atoms with Gasteiger partial charge in [-0.2, -0.15) is 0 Å². The van der Waals surface area contributed by atoms with E-state index in [1.165, 1.54) is 13.3 Å². The summed E-state index contributed by atoms with van der Waals surface area (Å²) in [6.45, 7) is 0. The van der Waals surface area contributed by atoms with Gasteiger partial charge in [-0.25, -0.2) is 5.48 Å². The van der Waals surface area contributed by atoms with E-state index >= 15 is 0 Å². The Labute approximate surface area is 77.6 Å². The molecule has 0 saturated heterocycles. The number of nitrogens with one attached hydrogen (secondary N) is 2. The van der Waals surface area contributed by atoms with E-state index in [2.05, 4.69) is 0 Å². The van der Waals surface area contributed by atoms with Gasteiger partial charge in [-0.1, -0.05) is 0 Å². The summed E-state index contributed by atoms with van der Waals surface area (Å²) in [6.07, 6.45) is 1.30. The van der Waals surface area contributed by atoms with E-state index in [1.54, 1.807) is 12.6 Å². The molecule has 0 fully saturated rings. The summed E-state index contributed by atoms with van der Waals surface area (Å²) in [4.78, 5) is 0. The van der Waals surface area contributed by atoms with Crippen molar-refractivity contribution in [1.82, 2.24) is 5.48 Å². The number of rotatable bonds is 2. The van der Waals surface area contributed by atoms with Gasteiger partial charge in [0.15, 0.2) is 0 Å². The van der Waals surface area contributed by atoms with Crippen LogP contribution in [0.5, 0.6) is 5.75 Å².